The average molecular weight is 1280 g/mol. The lowest BCUT2D eigenvalue weighted by Crippen LogP contribution is -2.53. The minimum absolute atomic E-state index is 0.00409. The third kappa shape index (κ3) is 10.4. The summed E-state index contributed by atoms with van der Waals surface area (Å²) in [5, 5.41) is 44.3. The first-order valence-corrected chi connectivity index (χ1v) is 38.6. The Morgan fingerprint density at radius 1 is 0.435 bits per heavy atom. The Morgan fingerprint density at radius 2 is 0.739 bits per heavy atom. The van der Waals surface area contributed by atoms with E-state index in [0.29, 0.717) is 59.0 Å². The zero-order valence-electron chi connectivity index (χ0n) is 58.1. The molecule has 0 heterocycles. The number of allylic oxidation sites excluding steroid dienone is 8. The lowest BCUT2D eigenvalue weighted by Gasteiger charge is -2.57. The van der Waals surface area contributed by atoms with Gasteiger partial charge >= 0.3 is 0 Å². The van der Waals surface area contributed by atoms with E-state index in [1.165, 1.54) is 93.1 Å². The number of carbonyl (C=O) groups is 1. The van der Waals surface area contributed by atoms with Crippen molar-refractivity contribution in [3.05, 3.63) is 84.1 Å². The molecule has 5 nitrogen and oxygen atoms in total. The molecule has 4 N–H and O–H groups in total. The summed E-state index contributed by atoms with van der Waals surface area (Å²) in [6, 6.07) is 0. The molecule has 92 heavy (non-hydrogen) atoms. The van der Waals surface area contributed by atoms with Gasteiger partial charge in [-0.2, -0.15) is 0 Å². The third-order valence-electron chi connectivity index (χ3n) is 32.6. The Labute approximate surface area is 568 Å². The fourth-order valence-corrected chi connectivity index (χ4v) is 28.3. The molecule has 16 unspecified atom stereocenters. The maximum Gasteiger partial charge on any atom is 0.155 e. The molecule has 0 aromatic heterocycles. The first kappa shape index (κ1) is 67.6. The van der Waals surface area contributed by atoms with Crippen molar-refractivity contribution in [1.29, 1.82) is 0 Å². The number of hydrogen-bond acceptors (Lipinski definition) is 7. The molecule has 0 aliphatic heterocycles. The quantitative estimate of drug-likeness (QED) is 0.124. The summed E-state index contributed by atoms with van der Waals surface area (Å²) in [5.41, 5.74) is 4.51. The van der Waals surface area contributed by atoms with Gasteiger partial charge in [-0.15, -0.1) is 26.0 Å². The minimum Gasteiger partial charge on any atom is -0.385 e. The van der Waals surface area contributed by atoms with Gasteiger partial charge in [0, 0.05) is 37.8 Å². The number of thiocarbonyl (C=S) groups is 2. The lowest BCUT2D eigenvalue weighted by atomic mass is 9.48. The summed E-state index contributed by atoms with van der Waals surface area (Å²) in [4.78, 5) is 14.2. The molecule has 0 aromatic rings. The van der Waals surface area contributed by atoms with Crippen molar-refractivity contribution in [2.24, 2.45) is 140 Å². The highest BCUT2D eigenvalue weighted by molar-refractivity contribution is 7.81. The standard InChI is InChI=1S/C22H30O.C21H30O2.C21H30OS.C21H28OS/c1-5-22(23)11-9-19-20-15(3)13-16-12-14(2)6-7-17(16)18(20)8-10-21(19,22)4;1-4-21(23)10-8-18-19-13(2)11-14-12-15(22)5-6-16(14)17(19)7-9-20(18,21)3;2*1-4-21(22)10-8-18-19-13(2)11-14-12-15(23)5-6-16(14)17(19)7-9-20(18,21)3/h1,12,15,17-20,23H,2,6-11,13H2,3-4H3;4,12-13,16-19,23H,1,5-11H2,2-3H3;4,12-13,16-19,22H,1,5-11H2,2-3H3;1,12-13,16-19,22H,5-11H2,2-3H3/t15-,17?,18?,19?,20?,21+,22+;3*13-,16?,17?,18?,19?,20+,21+/m1111/s1. The van der Waals surface area contributed by atoms with Crippen LogP contribution in [0.4, 0.5) is 0 Å². The zero-order chi connectivity index (χ0) is 65.6. The summed E-state index contributed by atoms with van der Waals surface area (Å²) in [6.45, 7) is 31.0. The SMILES string of the molecule is C#C[C@]1(O)CCC2C3C(CC[C@@]21C)C1CCC(=C)C=C1C[C@H]3C.C#C[C@]1(O)CCC2C3C(CC[C@@]21C)C1CCC(=S)C=C1C[C@H]3C.C=C[C@]1(O)CCC2C3C(CC[C@@]21C)C1CCC(=O)C=C1C[C@H]3C.C=C[C@]1(O)CCC2C3C(CC[C@@]21C)C1CCC(=S)C=C1C[C@H]3C. The Kier molecular flexibility index (Phi) is 18.0. The summed E-state index contributed by atoms with van der Waals surface area (Å²) < 4.78 is 0. The fraction of sp³-hybridized carbons (Fsp3) is 0.753. The van der Waals surface area contributed by atoms with E-state index in [1.54, 1.807) is 16.7 Å². The van der Waals surface area contributed by atoms with Gasteiger partial charge < -0.3 is 20.4 Å². The first-order chi connectivity index (χ1) is 43.6. The Bertz CT molecular complexity index is 3010. The number of fused-ring (bicyclic) bond motifs is 20. The van der Waals surface area contributed by atoms with E-state index in [2.05, 4.69) is 105 Å². The van der Waals surface area contributed by atoms with Crippen LogP contribution in [0.15, 0.2) is 84.1 Å². The van der Waals surface area contributed by atoms with Gasteiger partial charge in [0.2, 0.25) is 0 Å². The molecule has 0 radical (unpaired) electrons. The molecule has 0 saturated heterocycles. The lowest BCUT2D eigenvalue weighted by molar-refractivity contribution is -0.118. The predicted octanol–water partition coefficient (Wildman–Crippen LogP) is 18.6. The van der Waals surface area contributed by atoms with E-state index in [0.717, 1.165) is 173 Å². The van der Waals surface area contributed by atoms with E-state index < -0.39 is 22.4 Å². The van der Waals surface area contributed by atoms with Crippen molar-refractivity contribution in [3.63, 3.8) is 0 Å². The predicted molar refractivity (Wildman–Crippen MR) is 384 cm³/mol. The largest absolute Gasteiger partial charge is 0.385 e. The second-order valence-corrected chi connectivity index (χ2v) is 36.9. The fourth-order valence-electron chi connectivity index (χ4n) is 27.7. The highest BCUT2D eigenvalue weighted by Gasteiger charge is 2.67. The van der Waals surface area contributed by atoms with Gasteiger partial charge in [0.25, 0.3) is 0 Å². The van der Waals surface area contributed by atoms with Crippen LogP contribution in [0.25, 0.3) is 0 Å². The average Bonchev–Trinajstić information content (AvgIpc) is 1.48. The number of ketones is 1. The Morgan fingerprint density at radius 3 is 1.10 bits per heavy atom. The highest BCUT2D eigenvalue weighted by Crippen LogP contribution is 2.71. The van der Waals surface area contributed by atoms with Crippen LogP contribution < -0.4 is 0 Å². The molecule has 0 amide bonds. The van der Waals surface area contributed by atoms with Gasteiger partial charge in [-0.1, -0.05) is 144 Å². The Hall–Kier alpha value is -3.01. The van der Waals surface area contributed by atoms with Crippen LogP contribution in [-0.2, 0) is 4.79 Å². The molecule has 12 saturated carbocycles. The maximum absolute atomic E-state index is 11.8. The molecule has 7 heteroatoms. The van der Waals surface area contributed by atoms with Crippen LogP contribution in [0.1, 0.15) is 235 Å². The van der Waals surface area contributed by atoms with E-state index in [-0.39, 0.29) is 21.7 Å². The van der Waals surface area contributed by atoms with Crippen molar-refractivity contribution in [2.45, 2.75) is 258 Å². The van der Waals surface area contributed by atoms with Gasteiger partial charge in [0.1, 0.15) is 11.2 Å². The van der Waals surface area contributed by atoms with Gasteiger partial charge in [-0.25, -0.2) is 0 Å². The van der Waals surface area contributed by atoms with Crippen LogP contribution in [0.3, 0.4) is 0 Å². The molecular weight excluding hydrogens is 1170 g/mol. The second-order valence-electron chi connectivity index (χ2n) is 35.9. The summed E-state index contributed by atoms with van der Waals surface area (Å²) in [5.74, 6) is 20.1. The molecule has 16 aliphatic rings. The molecule has 0 bridgehead atoms. The molecule has 28 atom stereocenters. The minimum atomic E-state index is -0.882. The molecule has 16 aliphatic carbocycles. The van der Waals surface area contributed by atoms with E-state index in [4.69, 9.17) is 37.3 Å². The molecule has 0 aromatic carbocycles. The smallest absolute Gasteiger partial charge is 0.155 e. The highest BCUT2D eigenvalue weighted by atomic mass is 32.1. The third-order valence-corrected chi connectivity index (χ3v) is 33.2. The number of aliphatic hydroxyl groups is 4. The van der Waals surface area contributed by atoms with Crippen LogP contribution in [-0.4, -0.2) is 58.3 Å². The molecule has 12 fully saturated rings. The van der Waals surface area contributed by atoms with E-state index in [9.17, 15) is 25.2 Å². The number of rotatable bonds is 2. The topological polar surface area (TPSA) is 98.0 Å². The number of hydrogen-bond donors (Lipinski definition) is 4. The normalized spacial score (nSPS) is 52.1. The van der Waals surface area contributed by atoms with Crippen molar-refractivity contribution < 1.29 is 25.2 Å². The van der Waals surface area contributed by atoms with Crippen molar-refractivity contribution in [1.82, 2.24) is 0 Å². The second kappa shape index (κ2) is 24.5. The van der Waals surface area contributed by atoms with Gasteiger partial charge in [0.05, 0.1) is 11.2 Å². The van der Waals surface area contributed by atoms with E-state index in [1.807, 2.05) is 18.2 Å². The summed E-state index contributed by atoms with van der Waals surface area (Å²) in [6.07, 6.45) is 55.3. The van der Waals surface area contributed by atoms with Gasteiger partial charge in [-0.3, -0.25) is 4.79 Å². The van der Waals surface area contributed by atoms with E-state index >= 15 is 0 Å². The van der Waals surface area contributed by atoms with Gasteiger partial charge in [-0.05, 0) is 310 Å². The van der Waals surface area contributed by atoms with Crippen molar-refractivity contribution in [2.75, 3.05) is 0 Å². The van der Waals surface area contributed by atoms with Crippen LogP contribution in [0.5, 0.6) is 0 Å². The van der Waals surface area contributed by atoms with Crippen molar-refractivity contribution in [3.8, 4) is 24.7 Å². The molecule has 500 valence electrons. The van der Waals surface area contributed by atoms with Crippen LogP contribution in [0, 0.1) is 165 Å². The first-order valence-electron chi connectivity index (χ1n) is 37.8. The Balaban J connectivity index is 0.000000112. The number of terminal acetylenes is 2. The van der Waals surface area contributed by atoms with Gasteiger partial charge in [0.15, 0.2) is 5.78 Å². The zero-order valence-corrected chi connectivity index (χ0v) is 59.7. The molecular formula is C85H118O5S2. The number of carbonyl (C=O) groups excluding carboxylic acids is 1. The maximum atomic E-state index is 11.8. The summed E-state index contributed by atoms with van der Waals surface area (Å²) in [7, 11) is 0. The summed E-state index contributed by atoms with van der Waals surface area (Å²) >= 11 is 10.9. The van der Waals surface area contributed by atoms with Crippen molar-refractivity contribution >= 4 is 39.9 Å². The monoisotopic (exact) mass is 1280 g/mol. The molecule has 0 spiro atoms. The van der Waals surface area contributed by atoms with Crippen LogP contribution in [0.2, 0.25) is 0 Å². The molecule has 16 rings (SSSR count). The van der Waals surface area contributed by atoms with Crippen LogP contribution >= 0.6 is 24.4 Å².